The highest BCUT2D eigenvalue weighted by Gasteiger charge is 2.45. The maximum Gasteiger partial charge on any atom is 0.287 e. The second-order valence-corrected chi connectivity index (χ2v) is 15.9. The number of allylic oxidation sites excluding steroid dienone is 1. The van der Waals surface area contributed by atoms with E-state index in [0.29, 0.717) is 48.8 Å². The number of terminal acetylenes is 1. The normalized spacial score (nSPS) is 19.2. The number of carbonyl (C=O) groups excluding carboxylic acids is 3. The molecule has 0 spiro atoms. The van der Waals surface area contributed by atoms with Gasteiger partial charge in [-0.3, -0.25) is 24.1 Å². The number of likely N-dealkylation sites (tertiary alicyclic amines) is 1. The van der Waals surface area contributed by atoms with Crippen LogP contribution in [0.4, 0.5) is 5.69 Å². The fourth-order valence-corrected chi connectivity index (χ4v) is 7.41. The van der Waals surface area contributed by atoms with Crippen LogP contribution in [0.25, 0.3) is 16.2 Å². The minimum Gasteiger partial charge on any atom is -0.507 e. The van der Waals surface area contributed by atoms with Crippen molar-refractivity contribution < 1.29 is 24.6 Å². The minimum atomic E-state index is -0.968. The van der Waals surface area contributed by atoms with Crippen LogP contribution in [0.5, 0.6) is 5.75 Å². The molecule has 2 fully saturated rings. The van der Waals surface area contributed by atoms with Gasteiger partial charge < -0.3 is 36.4 Å². The number of aliphatic hydroxyl groups is 1. The summed E-state index contributed by atoms with van der Waals surface area (Å²) in [6.07, 6.45) is 4.65. The number of aromatic amines is 1. The van der Waals surface area contributed by atoms with E-state index in [1.54, 1.807) is 37.3 Å². The Labute approximate surface area is 325 Å². The average molecular weight is 771 g/mol. The number of aromatic nitrogens is 2. The number of hydrogen-bond acceptors (Lipinski definition) is 11. The number of aromatic hydroxyl groups is 1. The van der Waals surface area contributed by atoms with Crippen molar-refractivity contribution in [2.45, 2.75) is 65.3 Å². The van der Waals surface area contributed by atoms with E-state index < -0.39 is 41.5 Å². The maximum atomic E-state index is 14.1. The first kappa shape index (κ1) is 40.9. The predicted octanol–water partition coefficient (Wildman–Crippen LogP) is 2.61. The molecule has 2 saturated heterocycles. The molecule has 2 aliphatic heterocycles. The zero-order chi connectivity index (χ0) is 40.0. The number of anilines is 1. The molecule has 3 amide bonds. The summed E-state index contributed by atoms with van der Waals surface area (Å²) in [7, 11) is 0. The summed E-state index contributed by atoms with van der Waals surface area (Å²) in [4.78, 5) is 60.0. The molecule has 292 valence electrons. The molecule has 55 heavy (non-hydrogen) atoms. The van der Waals surface area contributed by atoms with Crippen molar-refractivity contribution in [3.05, 3.63) is 81.8 Å². The number of phenolic OH excluding ortho intramolecular Hbond substituents is 1. The lowest BCUT2D eigenvalue weighted by Gasteiger charge is -2.37. The summed E-state index contributed by atoms with van der Waals surface area (Å²) in [6, 6.07) is 13.6. The van der Waals surface area contributed by atoms with Gasteiger partial charge in [0.05, 0.1) is 24.4 Å². The van der Waals surface area contributed by atoms with Gasteiger partial charge in [-0.25, -0.2) is 5.10 Å². The van der Waals surface area contributed by atoms with E-state index >= 15 is 0 Å². The van der Waals surface area contributed by atoms with Crippen LogP contribution in [0.2, 0.25) is 0 Å². The third-order valence-electron chi connectivity index (χ3n) is 9.88. The Balaban J connectivity index is 1.20. The number of β-amino-alcohol motifs (C(OH)–C–C–N with tert-alkyl or cyclic N) is 1. The lowest BCUT2D eigenvalue weighted by atomic mass is 9.85. The summed E-state index contributed by atoms with van der Waals surface area (Å²) >= 11 is 1.20. The third-order valence-corrected chi connectivity index (χ3v) is 10.8. The van der Waals surface area contributed by atoms with Gasteiger partial charge in [0.1, 0.15) is 23.5 Å². The molecule has 5 rings (SSSR count). The number of aliphatic hydroxyl groups excluding tert-OH is 1. The molecule has 2 aliphatic rings. The highest BCUT2D eigenvalue weighted by atomic mass is 32.2. The van der Waals surface area contributed by atoms with Crippen molar-refractivity contribution in [2.24, 2.45) is 11.1 Å². The highest BCUT2D eigenvalue weighted by Crippen LogP contribution is 2.31. The van der Waals surface area contributed by atoms with Crippen molar-refractivity contribution in [3.63, 3.8) is 0 Å². The molecule has 0 bridgehead atoms. The summed E-state index contributed by atoms with van der Waals surface area (Å²) in [5.41, 5.74) is 8.58. The van der Waals surface area contributed by atoms with Crippen LogP contribution in [0.3, 0.4) is 0 Å². The number of H-pyrrole nitrogens is 1. The van der Waals surface area contributed by atoms with E-state index in [2.05, 4.69) is 26.1 Å². The summed E-state index contributed by atoms with van der Waals surface area (Å²) in [5.74, 6) is -1.15. The first-order valence-corrected chi connectivity index (χ1v) is 19.0. The van der Waals surface area contributed by atoms with Gasteiger partial charge in [-0.15, -0.1) is 6.42 Å². The number of benzene rings is 2. The zero-order valence-corrected chi connectivity index (χ0v) is 32.7. The van der Waals surface area contributed by atoms with Crippen molar-refractivity contribution in [1.29, 1.82) is 0 Å². The summed E-state index contributed by atoms with van der Waals surface area (Å²) < 4.78 is 0. The summed E-state index contributed by atoms with van der Waals surface area (Å²) in [5, 5.41) is 36.0. The first-order chi connectivity index (χ1) is 26.1. The molecule has 1 aromatic heterocycles. The number of carbonyl (C=O) groups is 3. The van der Waals surface area contributed by atoms with Gasteiger partial charge in [0.25, 0.3) is 5.56 Å². The van der Waals surface area contributed by atoms with Gasteiger partial charge in [0.2, 0.25) is 17.7 Å². The quantitative estimate of drug-likeness (QED) is 0.157. The number of nitrogens with one attached hydrogen (secondary N) is 3. The van der Waals surface area contributed by atoms with E-state index in [-0.39, 0.29) is 36.7 Å². The van der Waals surface area contributed by atoms with Crippen molar-refractivity contribution in [3.8, 4) is 28.7 Å². The van der Waals surface area contributed by atoms with Gasteiger partial charge in [-0.2, -0.15) is 5.10 Å². The van der Waals surface area contributed by atoms with Crippen LogP contribution in [-0.4, -0.2) is 105 Å². The van der Waals surface area contributed by atoms with Crippen LogP contribution < -0.4 is 26.8 Å². The zero-order valence-electron chi connectivity index (χ0n) is 31.8. The van der Waals surface area contributed by atoms with E-state index in [4.69, 9.17) is 12.2 Å². The number of thioether (sulfide) groups is 1. The van der Waals surface area contributed by atoms with Crippen LogP contribution in [0.15, 0.2) is 65.1 Å². The number of piperazine rings is 1. The molecule has 14 nitrogen and oxygen atoms in total. The largest absolute Gasteiger partial charge is 0.507 e. The average Bonchev–Trinajstić information content (AvgIpc) is 3.54. The predicted molar refractivity (Wildman–Crippen MR) is 214 cm³/mol. The van der Waals surface area contributed by atoms with Crippen LogP contribution >= 0.6 is 11.8 Å². The fourth-order valence-electron chi connectivity index (χ4n) is 6.88. The topological polar surface area (TPSA) is 197 Å². The van der Waals surface area contributed by atoms with Gasteiger partial charge in [-0.1, -0.05) is 57.2 Å². The Morgan fingerprint density at radius 1 is 1.09 bits per heavy atom. The maximum absolute atomic E-state index is 14.1. The Bertz CT molecular complexity index is 2010. The van der Waals surface area contributed by atoms with Crippen LogP contribution in [-0.2, 0) is 14.4 Å². The molecule has 0 radical (unpaired) electrons. The van der Waals surface area contributed by atoms with Crippen molar-refractivity contribution >= 4 is 40.1 Å². The molecule has 7 N–H and O–H groups in total. The molecule has 3 heterocycles. The molecule has 2 aromatic carbocycles. The SMILES string of the molecule is C#CS/C(=C(/C)N)c1ccc([C@H](C)NC(=O)[C@@H]2C[C@@H](O)CN2C(=O)[C@@H](NC(=O)CN2CCN(c3cc(-c4ccccc4O)n[nH]c3=O)CC2)C(C)(C)C)cc1. The lowest BCUT2D eigenvalue weighted by molar-refractivity contribution is -0.144. The second-order valence-electron chi connectivity index (χ2n) is 15.1. The highest BCUT2D eigenvalue weighted by molar-refractivity contribution is 8.12. The van der Waals surface area contributed by atoms with Crippen LogP contribution in [0.1, 0.15) is 58.2 Å². The molecular formula is C40H50N8O6S. The van der Waals surface area contributed by atoms with Crippen molar-refractivity contribution in [2.75, 3.05) is 44.2 Å². The third kappa shape index (κ3) is 9.88. The monoisotopic (exact) mass is 770 g/mol. The first-order valence-electron chi connectivity index (χ1n) is 18.2. The van der Waals surface area contributed by atoms with Gasteiger partial charge in [0.15, 0.2) is 0 Å². The van der Waals surface area contributed by atoms with Crippen molar-refractivity contribution in [1.82, 2.24) is 30.6 Å². The molecular weight excluding hydrogens is 721 g/mol. The Kier molecular flexibility index (Phi) is 13.0. The molecule has 4 atom stereocenters. The smallest absolute Gasteiger partial charge is 0.287 e. The second kappa shape index (κ2) is 17.4. The van der Waals surface area contributed by atoms with Crippen LogP contribution in [0, 0.1) is 17.1 Å². The van der Waals surface area contributed by atoms with E-state index in [1.807, 2.05) is 61.8 Å². The number of para-hydroxylation sites is 1. The standard InChI is InChI=1S/C40H50N8O6S/c1-7-55-35(24(2)41)27-14-12-26(13-15-27)25(3)42-37(52)32-20-28(49)22-48(32)39(54)36(40(4,5)6)43-34(51)23-46-16-18-47(19-17-46)31-21-30(44-45-38(31)53)29-10-8-9-11-33(29)50/h1,8-15,21,25,28,32,36,49-50H,16-20,22-23,41H2,2-6H3,(H,42,52)(H,43,51)(H,45,53)/b35-24-/t25-,28+,32-,36+/m0/s1. The van der Waals surface area contributed by atoms with E-state index in [9.17, 15) is 29.4 Å². The summed E-state index contributed by atoms with van der Waals surface area (Å²) in [6.45, 7) is 11.0. The number of amides is 3. The van der Waals surface area contributed by atoms with E-state index in [1.165, 1.54) is 16.7 Å². The molecule has 0 saturated carbocycles. The number of rotatable bonds is 11. The molecule has 3 aromatic rings. The molecule has 0 aliphatic carbocycles. The Morgan fingerprint density at radius 3 is 2.38 bits per heavy atom. The number of hydrogen-bond donors (Lipinski definition) is 6. The van der Waals surface area contributed by atoms with Gasteiger partial charge in [0, 0.05) is 55.3 Å². The number of nitrogens with two attached hydrogens (primary N) is 1. The van der Waals surface area contributed by atoms with E-state index in [0.717, 1.165) is 16.0 Å². The van der Waals surface area contributed by atoms with Gasteiger partial charge >= 0.3 is 0 Å². The lowest BCUT2D eigenvalue weighted by Crippen LogP contribution is -2.59. The fraction of sp³-hybridized carbons (Fsp3) is 0.425. The Hall–Kier alpha value is -5.30. The minimum absolute atomic E-state index is 0.0237. The Morgan fingerprint density at radius 2 is 1.76 bits per heavy atom. The number of nitrogens with zero attached hydrogens (tertiary/aromatic N) is 4. The number of phenols is 1. The molecule has 15 heteroatoms. The molecule has 0 unspecified atom stereocenters. The van der Waals surface area contributed by atoms with Gasteiger partial charge in [-0.05, 0) is 65.6 Å².